The zero-order valence-corrected chi connectivity index (χ0v) is 16.0. The summed E-state index contributed by atoms with van der Waals surface area (Å²) in [5.41, 5.74) is 1.09. The first-order valence-corrected chi connectivity index (χ1v) is 10.2. The molecule has 0 spiro atoms. The smallest absolute Gasteiger partial charge is 0.225 e. The number of aliphatic hydroxyl groups is 1. The van der Waals surface area contributed by atoms with Crippen molar-refractivity contribution < 1.29 is 9.84 Å². The summed E-state index contributed by atoms with van der Waals surface area (Å²) in [6, 6.07) is 2.55. The number of anilines is 1. The zero-order valence-electron chi connectivity index (χ0n) is 16.0. The first-order valence-electron chi connectivity index (χ1n) is 10.2. The molecule has 3 heterocycles. The average molecular weight is 361 g/mol. The summed E-state index contributed by atoms with van der Waals surface area (Å²) in [6.07, 6.45) is 7.99. The molecule has 6 heteroatoms. The minimum Gasteiger partial charge on any atom is -0.393 e. The fourth-order valence-electron chi connectivity index (χ4n) is 5.09. The number of hydrogen-bond donors (Lipinski definition) is 1. The van der Waals surface area contributed by atoms with Gasteiger partial charge in [-0.3, -0.25) is 4.90 Å². The van der Waals surface area contributed by atoms with Crippen molar-refractivity contribution >= 4 is 5.95 Å². The van der Waals surface area contributed by atoms with E-state index < -0.39 is 0 Å². The Balaban J connectivity index is 1.47. The van der Waals surface area contributed by atoms with E-state index in [4.69, 9.17) is 9.72 Å². The van der Waals surface area contributed by atoms with Crippen molar-refractivity contribution in [3.63, 3.8) is 0 Å². The molecule has 4 rings (SSSR count). The first kappa shape index (κ1) is 18.1. The molecule has 0 amide bonds. The van der Waals surface area contributed by atoms with Gasteiger partial charge in [0.05, 0.1) is 24.0 Å². The van der Waals surface area contributed by atoms with Crippen molar-refractivity contribution in [2.45, 2.75) is 76.9 Å². The maximum atomic E-state index is 10.4. The number of rotatable bonds is 3. The van der Waals surface area contributed by atoms with E-state index in [9.17, 15) is 5.11 Å². The minimum atomic E-state index is -0.117. The summed E-state index contributed by atoms with van der Waals surface area (Å²) in [5.74, 6) is 1.27. The summed E-state index contributed by atoms with van der Waals surface area (Å²) in [6.45, 7) is 7.72. The topological polar surface area (TPSA) is 61.7 Å². The quantitative estimate of drug-likeness (QED) is 0.892. The van der Waals surface area contributed by atoms with E-state index in [2.05, 4.69) is 28.6 Å². The molecule has 26 heavy (non-hydrogen) atoms. The lowest BCUT2D eigenvalue weighted by Gasteiger charge is -2.46. The van der Waals surface area contributed by atoms with Gasteiger partial charge in [-0.1, -0.05) is 12.8 Å². The highest BCUT2D eigenvalue weighted by Gasteiger charge is 2.38. The average Bonchev–Trinajstić information content (AvgIpc) is 2.64. The summed E-state index contributed by atoms with van der Waals surface area (Å²) >= 11 is 0. The second-order valence-electron chi connectivity index (χ2n) is 8.35. The van der Waals surface area contributed by atoms with E-state index in [0.717, 1.165) is 44.2 Å². The molecular formula is C20H32N4O2. The SMILES string of the molecule is C[C@@H]1CN(c2nccc(CN3CC[C@H](O)[C@@H]4CCCC[C@@H]43)n2)C[C@H](C)O1. The molecule has 0 aromatic carbocycles. The normalized spacial score (nSPS) is 36.0. The lowest BCUT2D eigenvalue weighted by molar-refractivity contribution is -0.0398. The molecule has 1 aromatic rings. The van der Waals surface area contributed by atoms with Gasteiger partial charge in [0.2, 0.25) is 5.95 Å². The molecule has 5 atom stereocenters. The highest BCUT2D eigenvalue weighted by atomic mass is 16.5. The molecule has 0 unspecified atom stereocenters. The molecule has 2 saturated heterocycles. The summed E-state index contributed by atoms with van der Waals surface area (Å²) in [5, 5.41) is 10.4. The van der Waals surface area contributed by atoms with Crippen molar-refractivity contribution in [3.05, 3.63) is 18.0 Å². The van der Waals surface area contributed by atoms with Crippen molar-refractivity contribution in [1.82, 2.24) is 14.9 Å². The van der Waals surface area contributed by atoms with Crippen LogP contribution in [0.25, 0.3) is 0 Å². The Morgan fingerprint density at radius 2 is 1.92 bits per heavy atom. The Kier molecular flexibility index (Phi) is 5.43. The lowest BCUT2D eigenvalue weighted by atomic mass is 9.76. The van der Waals surface area contributed by atoms with Crippen molar-refractivity contribution in [2.75, 3.05) is 24.5 Å². The Hall–Kier alpha value is -1.24. The van der Waals surface area contributed by atoms with E-state index in [1.165, 1.54) is 25.7 Å². The van der Waals surface area contributed by atoms with Gasteiger partial charge in [0.15, 0.2) is 0 Å². The maximum absolute atomic E-state index is 10.4. The molecule has 0 radical (unpaired) electrons. The number of likely N-dealkylation sites (tertiary alicyclic amines) is 1. The van der Waals surface area contributed by atoms with Crippen LogP contribution in [-0.2, 0) is 11.3 Å². The number of ether oxygens (including phenoxy) is 1. The Bertz CT molecular complexity index is 603. The lowest BCUT2D eigenvalue weighted by Crippen LogP contribution is -2.52. The van der Waals surface area contributed by atoms with Gasteiger partial charge in [0.25, 0.3) is 0 Å². The van der Waals surface area contributed by atoms with Gasteiger partial charge in [-0.2, -0.15) is 0 Å². The summed E-state index contributed by atoms with van der Waals surface area (Å²) < 4.78 is 5.83. The van der Waals surface area contributed by atoms with E-state index >= 15 is 0 Å². The Labute approximate surface area is 156 Å². The standard InChI is InChI=1S/C20H32N4O2/c1-14-11-24(12-15(2)26-14)20-21-9-7-16(22-20)13-23-10-8-19(25)17-5-3-4-6-18(17)23/h7,9,14-15,17-19,25H,3-6,8,10-13H2,1-2H3/t14-,15+,17-,18+,19+/m1/s1. The van der Waals surface area contributed by atoms with Gasteiger partial charge >= 0.3 is 0 Å². The molecule has 1 N–H and O–H groups in total. The van der Waals surface area contributed by atoms with Gasteiger partial charge in [-0.05, 0) is 39.2 Å². The van der Waals surface area contributed by atoms with Gasteiger partial charge in [0.1, 0.15) is 0 Å². The van der Waals surface area contributed by atoms with Crippen LogP contribution in [0.3, 0.4) is 0 Å². The summed E-state index contributed by atoms with van der Waals surface area (Å²) in [7, 11) is 0. The van der Waals surface area contributed by atoms with Gasteiger partial charge < -0.3 is 14.7 Å². The molecule has 144 valence electrons. The molecule has 0 bridgehead atoms. The molecule has 1 aliphatic carbocycles. The highest BCUT2D eigenvalue weighted by molar-refractivity contribution is 5.31. The van der Waals surface area contributed by atoms with Crippen LogP contribution in [-0.4, -0.2) is 64.0 Å². The monoisotopic (exact) mass is 360 g/mol. The Morgan fingerprint density at radius 1 is 1.15 bits per heavy atom. The van der Waals surface area contributed by atoms with Crippen LogP contribution in [0.1, 0.15) is 51.6 Å². The number of hydrogen-bond acceptors (Lipinski definition) is 6. The Morgan fingerprint density at radius 3 is 2.73 bits per heavy atom. The molecular weight excluding hydrogens is 328 g/mol. The third kappa shape index (κ3) is 3.87. The largest absolute Gasteiger partial charge is 0.393 e. The first-order chi connectivity index (χ1) is 12.6. The van der Waals surface area contributed by atoms with Crippen LogP contribution < -0.4 is 4.90 Å². The third-order valence-electron chi connectivity index (χ3n) is 6.22. The zero-order chi connectivity index (χ0) is 18.1. The second-order valence-corrected chi connectivity index (χ2v) is 8.35. The number of aliphatic hydroxyl groups excluding tert-OH is 1. The molecule has 6 nitrogen and oxygen atoms in total. The predicted molar refractivity (Wildman–Crippen MR) is 101 cm³/mol. The molecule has 2 aliphatic heterocycles. The fourth-order valence-corrected chi connectivity index (χ4v) is 5.09. The fraction of sp³-hybridized carbons (Fsp3) is 0.800. The number of nitrogens with zero attached hydrogens (tertiary/aromatic N) is 4. The molecule has 3 aliphatic rings. The van der Waals surface area contributed by atoms with Crippen molar-refractivity contribution in [2.24, 2.45) is 5.92 Å². The maximum Gasteiger partial charge on any atom is 0.225 e. The van der Waals surface area contributed by atoms with Crippen LogP contribution in [0, 0.1) is 5.92 Å². The minimum absolute atomic E-state index is 0.117. The number of aromatic nitrogens is 2. The van der Waals surface area contributed by atoms with Crippen LogP contribution in [0.15, 0.2) is 12.3 Å². The second kappa shape index (κ2) is 7.79. The molecule has 1 saturated carbocycles. The predicted octanol–water partition coefficient (Wildman–Crippen LogP) is 2.22. The number of piperidine rings is 1. The number of fused-ring (bicyclic) bond motifs is 1. The van der Waals surface area contributed by atoms with Gasteiger partial charge in [0, 0.05) is 44.3 Å². The van der Waals surface area contributed by atoms with Crippen molar-refractivity contribution in [1.29, 1.82) is 0 Å². The molecule has 3 fully saturated rings. The van der Waals surface area contributed by atoms with E-state index in [1.54, 1.807) is 0 Å². The van der Waals surface area contributed by atoms with E-state index in [0.29, 0.717) is 12.0 Å². The number of morpholine rings is 1. The third-order valence-corrected chi connectivity index (χ3v) is 6.22. The van der Waals surface area contributed by atoms with E-state index in [1.807, 2.05) is 12.3 Å². The highest BCUT2D eigenvalue weighted by Crippen LogP contribution is 2.36. The van der Waals surface area contributed by atoms with E-state index in [-0.39, 0.29) is 18.3 Å². The van der Waals surface area contributed by atoms with Crippen LogP contribution in [0.4, 0.5) is 5.95 Å². The van der Waals surface area contributed by atoms with Gasteiger partial charge in [-0.15, -0.1) is 0 Å². The van der Waals surface area contributed by atoms with Crippen LogP contribution in [0.2, 0.25) is 0 Å². The van der Waals surface area contributed by atoms with Gasteiger partial charge in [-0.25, -0.2) is 9.97 Å². The summed E-state index contributed by atoms with van der Waals surface area (Å²) in [4.78, 5) is 14.2. The van der Waals surface area contributed by atoms with Crippen molar-refractivity contribution in [3.8, 4) is 0 Å². The van der Waals surface area contributed by atoms with Crippen LogP contribution in [0.5, 0.6) is 0 Å². The van der Waals surface area contributed by atoms with Crippen LogP contribution >= 0.6 is 0 Å². The molecule has 1 aromatic heterocycles.